The molecule has 266 valence electrons. The van der Waals surface area contributed by atoms with Crippen LogP contribution in [0, 0.1) is 13.8 Å². The van der Waals surface area contributed by atoms with Crippen molar-refractivity contribution in [3.8, 4) is 17.2 Å². The largest absolute Gasteiger partial charge is 0.458 e. The third kappa shape index (κ3) is 4.96. The van der Waals surface area contributed by atoms with E-state index >= 15 is 0 Å². The average Bonchev–Trinajstić information content (AvgIpc) is 3.56. The summed E-state index contributed by atoms with van der Waals surface area (Å²) in [6, 6.07) is 63.0. The quantitative estimate of drug-likeness (QED) is 0.142. The van der Waals surface area contributed by atoms with Crippen molar-refractivity contribution in [2.75, 3.05) is 15.5 Å². The number of aryl methyl sites for hydroxylation is 2. The molecule has 2 aliphatic heterocycles. The van der Waals surface area contributed by atoms with Crippen molar-refractivity contribution < 1.29 is 4.74 Å². The molecule has 56 heavy (non-hydrogen) atoms. The lowest BCUT2D eigenvalue weighted by atomic mass is 9.34. The monoisotopic (exact) mass is 720 g/mol. The summed E-state index contributed by atoms with van der Waals surface area (Å²) in [7, 11) is 0. The van der Waals surface area contributed by atoms with E-state index in [1.165, 1.54) is 38.4 Å². The lowest BCUT2D eigenvalue weighted by Crippen LogP contribution is -2.59. The minimum absolute atomic E-state index is 0.0486. The Bertz CT molecular complexity index is 2990. The third-order valence-electron chi connectivity index (χ3n) is 11.5. The Morgan fingerprint density at radius 2 is 1.20 bits per heavy atom. The van der Waals surface area contributed by atoms with E-state index in [-0.39, 0.29) is 6.71 Å². The van der Waals surface area contributed by atoms with Crippen molar-refractivity contribution in [1.29, 1.82) is 0 Å². The van der Waals surface area contributed by atoms with E-state index in [4.69, 9.17) is 10.5 Å². The van der Waals surface area contributed by atoms with E-state index in [1.807, 2.05) is 6.07 Å². The molecule has 9 aromatic rings. The van der Waals surface area contributed by atoms with E-state index in [1.54, 1.807) is 0 Å². The van der Waals surface area contributed by atoms with Crippen molar-refractivity contribution >= 4 is 84.7 Å². The highest BCUT2D eigenvalue weighted by molar-refractivity contribution is 6.99. The zero-order valence-corrected chi connectivity index (χ0v) is 31.1. The van der Waals surface area contributed by atoms with Gasteiger partial charge in [0.25, 0.3) is 6.71 Å². The molecule has 0 aliphatic carbocycles. The van der Waals surface area contributed by atoms with Gasteiger partial charge in [0.15, 0.2) is 0 Å². The Kier molecular flexibility index (Phi) is 7.17. The van der Waals surface area contributed by atoms with E-state index in [0.717, 1.165) is 67.9 Å². The minimum atomic E-state index is -0.0486. The molecule has 0 unspecified atom stereocenters. The van der Waals surface area contributed by atoms with Crippen LogP contribution in [0.25, 0.3) is 27.5 Å². The van der Waals surface area contributed by atoms with Crippen LogP contribution in [0.15, 0.2) is 176 Å². The van der Waals surface area contributed by atoms with Crippen molar-refractivity contribution in [1.82, 2.24) is 4.57 Å². The molecule has 0 bridgehead atoms. The number of ether oxygens (including phenoxy) is 1. The summed E-state index contributed by atoms with van der Waals surface area (Å²) in [6.45, 7) is 4.20. The number of para-hydroxylation sites is 2. The first-order valence-electron chi connectivity index (χ1n) is 19.2. The van der Waals surface area contributed by atoms with Gasteiger partial charge in [-0.2, -0.15) is 0 Å². The van der Waals surface area contributed by atoms with Crippen LogP contribution in [0.5, 0.6) is 11.5 Å². The zero-order chi connectivity index (χ0) is 37.5. The van der Waals surface area contributed by atoms with Crippen molar-refractivity contribution in [2.45, 2.75) is 13.8 Å². The average molecular weight is 721 g/mol. The predicted molar refractivity (Wildman–Crippen MR) is 235 cm³/mol. The van der Waals surface area contributed by atoms with Gasteiger partial charge in [-0.1, -0.05) is 83.9 Å². The maximum absolute atomic E-state index is 6.95. The minimum Gasteiger partial charge on any atom is -0.458 e. The molecule has 0 spiro atoms. The van der Waals surface area contributed by atoms with Gasteiger partial charge < -0.3 is 24.8 Å². The maximum Gasteiger partial charge on any atom is 0.256 e. The first-order chi connectivity index (χ1) is 27.5. The summed E-state index contributed by atoms with van der Waals surface area (Å²) in [4.78, 5) is 4.69. The van der Waals surface area contributed by atoms with Crippen LogP contribution in [0.2, 0.25) is 0 Å². The van der Waals surface area contributed by atoms with Crippen LogP contribution in [0.1, 0.15) is 11.1 Å². The molecule has 0 saturated heterocycles. The molecule has 0 atom stereocenters. The van der Waals surface area contributed by atoms with E-state index in [0.29, 0.717) is 0 Å². The Morgan fingerprint density at radius 3 is 2.02 bits per heavy atom. The Hall–Kier alpha value is -7.18. The highest BCUT2D eigenvalue weighted by Gasteiger charge is 2.42. The molecule has 8 aromatic carbocycles. The highest BCUT2D eigenvalue weighted by atomic mass is 16.5. The van der Waals surface area contributed by atoms with Crippen LogP contribution in [0.3, 0.4) is 0 Å². The van der Waals surface area contributed by atoms with Crippen LogP contribution in [-0.4, -0.2) is 11.3 Å². The van der Waals surface area contributed by atoms with Gasteiger partial charge in [-0.3, -0.25) is 0 Å². The van der Waals surface area contributed by atoms with E-state index < -0.39 is 0 Å². The molecule has 1 aromatic heterocycles. The molecule has 6 heteroatoms. The zero-order valence-electron chi connectivity index (χ0n) is 31.1. The normalized spacial score (nSPS) is 12.6. The molecule has 2 N–H and O–H groups in total. The molecule has 2 aliphatic rings. The van der Waals surface area contributed by atoms with Gasteiger partial charge in [-0.25, -0.2) is 0 Å². The summed E-state index contributed by atoms with van der Waals surface area (Å²) < 4.78 is 9.31. The first-order valence-corrected chi connectivity index (χ1v) is 19.2. The van der Waals surface area contributed by atoms with E-state index in [9.17, 15) is 0 Å². The Balaban J connectivity index is 1.08. The van der Waals surface area contributed by atoms with Crippen LogP contribution in [-0.2, 0) is 0 Å². The van der Waals surface area contributed by atoms with Crippen LogP contribution in [0.4, 0.5) is 39.8 Å². The third-order valence-corrected chi connectivity index (χ3v) is 11.5. The number of rotatable bonds is 5. The van der Waals surface area contributed by atoms with Gasteiger partial charge in [-0.15, -0.1) is 0 Å². The number of hydrogen-bond donors (Lipinski definition) is 1. The lowest BCUT2D eigenvalue weighted by Gasteiger charge is -2.40. The molecule has 0 amide bonds. The van der Waals surface area contributed by atoms with Gasteiger partial charge in [0.2, 0.25) is 0 Å². The molecule has 0 fully saturated rings. The Morgan fingerprint density at radius 1 is 0.500 bits per heavy atom. The first kappa shape index (κ1) is 32.3. The summed E-state index contributed by atoms with van der Waals surface area (Å²) in [5.41, 5.74) is 23.2. The second-order valence-electron chi connectivity index (χ2n) is 15.0. The predicted octanol–water partition coefficient (Wildman–Crippen LogP) is 10.9. The number of nitrogen functional groups attached to an aromatic ring is 1. The lowest BCUT2D eigenvalue weighted by molar-refractivity contribution is 0.487. The fourth-order valence-corrected chi connectivity index (χ4v) is 8.90. The molecular weight excluding hydrogens is 683 g/mol. The SMILES string of the molecule is Cc1ccc(N(c2ccc3c(c2)Oc2cccc4c2B3c2cc(N)ccc2N4c2ccc(C)cc2)c2ccc3c(c2)c2ccccc2n3-c2ccccc2)cc1. The standard InChI is InChI=1S/C50H37BN4O/c1-32-15-20-36(21-16-32)53(38-25-28-45-41(30-38)40-11-6-7-12-44(40)54(45)35-9-4-3-5-10-35)39-24-26-42-49(31-39)56-48-14-8-13-47-50(48)51(42)43-29-34(52)19-27-46(43)55(47)37-22-17-33(2)18-23-37/h3-31H,52H2,1-2H3. The van der Waals surface area contributed by atoms with Crippen molar-refractivity contribution in [2.24, 2.45) is 0 Å². The summed E-state index contributed by atoms with van der Waals surface area (Å²) in [6.07, 6.45) is 0. The summed E-state index contributed by atoms with van der Waals surface area (Å²) in [5, 5.41) is 2.41. The Labute approximate surface area is 326 Å². The van der Waals surface area contributed by atoms with Gasteiger partial charge in [-0.05, 0) is 127 Å². The van der Waals surface area contributed by atoms with Gasteiger partial charge in [0.05, 0.1) is 11.0 Å². The maximum atomic E-state index is 6.95. The second-order valence-corrected chi connectivity index (χ2v) is 15.0. The number of aromatic nitrogens is 1. The molecule has 0 saturated carbocycles. The number of hydrogen-bond acceptors (Lipinski definition) is 4. The number of anilines is 7. The molecular formula is C50H37BN4O. The van der Waals surface area contributed by atoms with Gasteiger partial charge in [0, 0.05) is 62.3 Å². The van der Waals surface area contributed by atoms with Crippen molar-refractivity contribution in [3.63, 3.8) is 0 Å². The number of fused-ring (bicyclic) bond motifs is 7. The van der Waals surface area contributed by atoms with E-state index in [2.05, 4.69) is 198 Å². The fraction of sp³-hybridized carbons (Fsp3) is 0.0400. The summed E-state index contributed by atoms with van der Waals surface area (Å²) in [5.74, 6) is 1.70. The number of nitrogens with two attached hydrogens (primary N) is 1. The molecule has 11 rings (SSSR count). The van der Waals surface area contributed by atoms with Crippen LogP contribution >= 0.6 is 0 Å². The number of benzene rings is 8. The molecule has 3 heterocycles. The molecule has 0 radical (unpaired) electrons. The van der Waals surface area contributed by atoms with Gasteiger partial charge >= 0.3 is 0 Å². The van der Waals surface area contributed by atoms with Crippen molar-refractivity contribution in [3.05, 3.63) is 187 Å². The molecule has 5 nitrogen and oxygen atoms in total. The van der Waals surface area contributed by atoms with Gasteiger partial charge in [0.1, 0.15) is 11.5 Å². The topological polar surface area (TPSA) is 46.7 Å². The smallest absolute Gasteiger partial charge is 0.256 e. The van der Waals surface area contributed by atoms with Crippen LogP contribution < -0.4 is 36.7 Å². The number of nitrogens with zero attached hydrogens (tertiary/aromatic N) is 3. The fourth-order valence-electron chi connectivity index (χ4n) is 8.90. The second kappa shape index (κ2) is 12.4. The summed E-state index contributed by atoms with van der Waals surface area (Å²) >= 11 is 0. The highest BCUT2D eigenvalue weighted by Crippen LogP contribution is 2.44.